The van der Waals surface area contributed by atoms with Gasteiger partial charge in [0.15, 0.2) is 0 Å². The number of hydrogen-bond donors (Lipinski definition) is 1. The summed E-state index contributed by atoms with van der Waals surface area (Å²) in [7, 11) is 0. The molecule has 0 fully saturated rings. The van der Waals surface area contributed by atoms with E-state index >= 15 is 0 Å². The first-order valence-corrected chi connectivity index (χ1v) is 6.06. The highest BCUT2D eigenvalue weighted by Gasteiger charge is 2.31. The summed E-state index contributed by atoms with van der Waals surface area (Å²) < 4.78 is 38.9. The maximum Gasteiger partial charge on any atom is 0.416 e. The number of alkyl halides is 3. The molecule has 0 radical (unpaired) electrons. The lowest BCUT2D eigenvalue weighted by Gasteiger charge is -2.14. The quantitative estimate of drug-likeness (QED) is 0.945. The summed E-state index contributed by atoms with van der Waals surface area (Å²) in [4.78, 5) is 27.1. The van der Waals surface area contributed by atoms with Gasteiger partial charge < -0.3 is 5.11 Å². The van der Waals surface area contributed by atoms with E-state index in [0.29, 0.717) is 6.07 Å². The number of hydrogen-bond acceptors (Lipinski definition) is 3. The van der Waals surface area contributed by atoms with Gasteiger partial charge in [-0.25, -0.2) is 9.78 Å². The van der Waals surface area contributed by atoms with Crippen LogP contribution in [-0.4, -0.2) is 20.6 Å². The van der Waals surface area contributed by atoms with Crippen molar-refractivity contribution < 1.29 is 23.1 Å². The maximum absolute atomic E-state index is 12.7. The summed E-state index contributed by atoms with van der Waals surface area (Å²) >= 11 is 0. The molecule has 1 N–H and O–H groups in total. The molecule has 1 aromatic carbocycles. The molecule has 0 unspecified atom stereocenters. The van der Waals surface area contributed by atoms with Crippen LogP contribution in [0.1, 0.15) is 24.9 Å². The lowest BCUT2D eigenvalue weighted by Crippen LogP contribution is -2.29. The standard InChI is InChI=1S/C13H11F3N2O3/c1-2-10(12(20)21)18-6-17-9-4-3-7(13(14,15)16)5-8(9)11(18)19/h3-6,10H,2H2,1H3,(H,20,21)/t10-/m0/s1. The van der Waals surface area contributed by atoms with Crippen LogP contribution in [0.4, 0.5) is 13.2 Å². The Morgan fingerprint density at radius 3 is 2.62 bits per heavy atom. The van der Waals surface area contributed by atoms with Crippen molar-refractivity contribution >= 4 is 16.9 Å². The highest BCUT2D eigenvalue weighted by atomic mass is 19.4. The van der Waals surface area contributed by atoms with Gasteiger partial charge in [0.1, 0.15) is 6.04 Å². The van der Waals surface area contributed by atoms with Crippen molar-refractivity contribution in [2.24, 2.45) is 0 Å². The second-order valence-electron chi connectivity index (χ2n) is 4.45. The predicted octanol–water partition coefficient (Wildman–Crippen LogP) is 2.45. The van der Waals surface area contributed by atoms with E-state index in [0.717, 1.165) is 23.0 Å². The zero-order chi connectivity index (χ0) is 15.8. The minimum absolute atomic E-state index is 0.0875. The van der Waals surface area contributed by atoms with Gasteiger partial charge in [-0.05, 0) is 24.6 Å². The summed E-state index contributed by atoms with van der Waals surface area (Å²) in [5.74, 6) is -1.24. The van der Waals surface area contributed by atoms with Crippen LogP contribution in [0.25, 0.3) is 10.9 Å². The monoisotopic (exact) mass is 300 g/mol. The number of fused-ring (bicyclic) bond motifs is 1. The highest BCUT2D eigenvalue weighted by Crippen LogP contribution is 2.30. The van der Waals surface area contributed by atoms with Crippen LogP contribution in [0.2, 0.25) is 0 Å². The van der Waals surface area contributed by atoms with Gasteiger partial charge in [-0.2, -0.15) is 13.2 Å². The molecule has 0 spiro atoms. The lowest BCUT2D eigenvalue weighted by atomic mass is 10.1. The topological polar surface area (TPSA) is 72.2 Å². The number of carboxylic acid groups (broad SMARTS) is 1. The third-order valence-electron chi connectivity index (χ3n) is 3.12. The van der Waals surface area contributed by atoms with Crippen LogP contribution >= 0.6 is 0 Å². The zero-order valence-electron chi connectivity index (χ0n) is 10.9. The fraction of sp³-hybridized carbons (Fsp3) is 0.308. The van der Waals surface area contributed by atoms with Crippen LogP contribution in [0.3, 0.4) is 0 Å². The number of benzene rings is 1. The first-order valence-electron chi connectivity index (χ1n) is 6.06. The SMILES string of the molecule is CC[C@@H](C(=O)O)n1cnc2ccc(C(F)(F)F)cc2c1=O. The number of nitrogens with zero attached hydrogens (tertiary/aromatic N) is 2. The Labute approximate surface area is 116 Å². The summed E-state index contributed by atoms with van der Waals surface area (Å²) in [5, 5.41) is 8.78. The van der Waals surface area contributed by atoms with Crippen LogP contribution in [0, 0.1) is 0 Å². The molecule has 0 saturated heterocycles. The molecule has 0 aliphatic rings. The van der Waals surface area contributed by atoms with Crippen molar-refractivity contribution in [1.82, 2.24) is 9.55 Å². The maximum atomic E-state index is 12.7. The fourth-order valence-electron chi connectivity index (χ4n) is 2.02. The molecule has 0 amide bonds. The van der Waals surface area contributed by atoms with Crippen LogP contribution in [-0.2, 0) is 11.0 Å². The number of carbonyl (C=O) groups is 1. The van der Waals surface area contributed by atoms with Crippen LogP contribution in [0.15, 0.2) is 29.3 Å². The van der Waals surface area contributed by atoms with Gasteiger partial charge in [0, 0.05) is 0 Å². The van der Waals surface area contributed by atoms with Crippen molar-refractivity contribution in [2.45, 2.75) is 25.6 Å². The number of rotatable bonds is 3. The molecule has 5 nitrogen and oxygen atoms in total. The molecule has 21 heavy (non-hydrogen) atoms. The minimum Gasteiger partial charge on any atom is -0.480 e. The Morgan fingerprint density at radius 1 is 1.43 bits per heavy atom. The van der Waals surface area contributed by atoms with Gasteiger partial charge in [0.2, 0.25) is 0 Å². The van der Waals surface area contributed by atoms with E-state index in [-0.39, 0.29) is 17.3 Å². The normalized spacial score (nSPS) is 13.3. The molecule has 2 rings (SSSR count). The van der Waals surface area contributed by atoms with Gasteiger partial charge in [-0.15, -0.1) is 0 Å². The summed E-state index contributed by atoms with van der Waals surface area (Å²) in [5.41, 5.74) is -1.69. The molecule has 1 atom stereocenters. The van der Waals surface area contributed by atoms with Crippen molar-refractivity contribution in [3.8, 4) is 0 Å². The Hall–Kier alpha value is -2.38. The van der Waals surface area contributed by atoms with E-state index in [1.165, 1.54) is 0 Å². The lowest BCUT2D eigenvalue weighted by molar-refractivity contribution is -0.141. The molecule has 2 aromatic rings. The van der Waals surface area contributed by atoms with Crippen LogP contribution < -0.4 is 5.56 Å². The van der Waals surface area contributed by atoms with E-state index in [1.54, 1.807) is 6.92 Å². The van der Waals surface area contributed by atoms with Crippen LogP contribution in [0.5, 0.6) is 0 Å². The first kappa shape index (κ1) is 15.0. The largest absolute Gasteiger partial charge is 0.480 e. The van der Waals surface area contributed by atoms with E-state index in [1.807, 2.05) is 0 Å². The number of aromatic nitrogens is 2. The Kier molecular flexibility index (Phi) is 3.71. The van der Waals surface area contributed by atoms with Crippen molar-refractivity contribution in [1.29, 1.82) is 0 Å². The highest BCUT2D eigenvalue weighted by molar-refractivity contribution is 5.79. The number of aliphatic carboxylic acids is 1. The zero-order valence-corrected chi connectivity index (χ0v) is 10.9. The smallest absolute Gasteiger partial charge is 0.416 e. The van der Waals surface area contributed by atoms with Gasteiger partial charge in [-0.3, -0.25) is 9.36 Å². The summed E-state index contributed by atoms with van der Waals surface area (Å²) in [6.45, 7) is 1.56. The fourth-order valence-corrected chi connectivity index (χ4v) is 2.02. The van der Waals surface area contributed by atoms with Gasteiger partial charge in [-0.1, -0.05) is 6.92 Å². The van der Waals surface area contributed by atoms with Crippen molar-refractivity contribution in [2.75, 3.05) is 0 Å². The average molecular weight is 300 g/mol. The Bertz CT molecular complexity index is 752. The average Bonchev–Trinajstić information content (AvgIpc) is 2.40. The second kappa shape index (κ2) is 5.19. The van der Waals surface area contributed by atoms with Gasteiger partial charge in [0.25, 0.3) is 5.56 Å². The molecule has 0 aliphatic heterocycles. The third kappa shape index (κ3) is 2.74. The summed E-state index contributed by atoms with van der Waals surface area (Å²) in [6, 6.07) is 1.44. The molecule has 0 aliphatic carbocycles. The molecule has 1 heterocycles. The van der Waals surface area contributed by atoms with E-state index in [2.05, 4.69) is 4.98 Å². The van der Waals surface area contributed by atoms with Crippen molar-refractivity contribution in [3.63, 3.8) is 0 Å². The molecule has 1 aromatic heterocycles. The van der Waals surface area contributed by atoms with E-state index < -0.39 is 29.3 Å². The van der Waals surface area contributed by atoms with E-state index in [4.69, 9.17) is 5.11 Å². The van der Waals surface area contributed by atoms with E-state index in [9.17, 15) is 22.8 Å². The third-order valence-corrected chi connectivity index (χ3v) is 3.12. The number of halogens is 3. The Balaban J connectivity index is 2.70. The predicted molar refractivity (Wildman–Crippen MR) is 68.0 cm³/mol. The second-order valence-corrected chi connectivity index (χ2v) is 4.45. The van der Waals surface area contributed by atoms with Crippen molar-refractivity contribution in [3.05, 3.63) is 40.4 Å². The molecule has 112 valence electrons. The number of carboxylic acids is 1. The molecule has 8 heteroatoms. The van der Waals surface area contributed by atoms with Gasteiger partial charge >= 0.3 is 12.1 Å². The molecular weight excluding hydrogens is 289 g/mol. The molecule has 0 saturated carbocycles. The molecular formula is C13H11F3N2O3. The minimum atomic E-state index is -4.59. The Morgan fingerprint density at radius 2 is 2.10 bits per heavy atom. The van der Waals surface area contributed by atoms with Gasteiger partial charge in [0.05, 0.1) is 22.8 Å². The summed E-state index contributed by atoms with van der Waals surface area (Å²) in [6.07, 6.45) is -3.43. The molecule has 0 bridgehead atoms. The first-order chi connectivity index (χ1) is 9.75.